The third kappa shape index (κ3) is 4.98. The van der Waals surface area contributed by atoms with Crippen molar-refractivity contribution < 1.29 is 14.3 Å². The zero-order chi connectivity index (χ0) is 18.2. The van der Waals surface area contributed by atoms with E-state index in [1.54, 1.807) is 19.1 Å². The van der Waals surface area contributed by atoms with E-state index in [0.29, 0.717) is 17.1 Å². The first-order valence-corrected chi connectivity index (χ1v) is 8.23. The highest BCUT2D eigenvalue weighted by molar-refractivity contribution is 6.03. The highest BCUT2D eigenvalue weighted by Crippen LogP contribution is 2.23. The molecule has 3 aromatic carbocycles. The van der Waals surface area contributed by atoms with E-state index in [-0.39, 0.29) is 5.91 Å². The van der Waals surface area contributed by atoms with Crippen LogP contribution in [0.2, 0.25) is 0 Å². The van der Waals surface area contributed by atoms with Crippen molar-refractivity contribution in [1.82, 2.24) is 0 Å². The third-order valence-electron chi connectivity index (χ3n) is 3.56. The van der Waals surface area contributed by atoms with E-state index in [2.05, 4.69) is 5.32 Å². The Bertz CT molecular complexity index is 872. The summed E-state index contributed by atoms with van der Waals surface area (Å²) in [5.41, 5.74) is 1.21. The van der Waals surface area contributed by atoms with Gasteiger partial charge in [-0.15, -0.1) is 0 Å². The predicted molar refractivity (Wildman–Crippen MR) is 102 cm³/mol. The van der Waals surface area contributed by atoms with Crippen LogP contribution in [0.4, 0.5) is 5.69 Å². The Morgan fingerprint density at radius 1 is 0.769 bits per heavy atom. The van der Waals surface area contributed by atoms with Crippen LogP contribution in [0.1, 0.15) is 6.92 Å². The fraction of sp³-hybridized carbons (Fsp3) is 0.0455. The average Bonchev–Trinajstić information content (AvgIpc) is 2.69. The number of rotatable bonds is 6. The molecule has 26 heavy (non-hydrogen) atoms. The molecular formula is C22H19NO3. The lowest BCUT2D eigenvalue weighted by molar-refractivity contribution is -0.112. The second kappa shape index (κ2) is 8.53. The zero-order valence-electron chi connectivity index (χ0n) is 14.4. The number of amides is 1. The number of hydrogen-bond donors (Lipinski definition) is 1. The SMILES string of the molecule is CC(=COc1ccc(Oc2ccccc2)cc1)C(=O)Nc1ccccc1. The molecule has 130 valence electrons. The quantitative estimate of drug-likeness (QED) is 0.480. The molecule has 4 heteroatoms. The Morgan fingerprint density at radius 3 is 1.96 bits per heavy atom. The molecule has 0 saturated heterocycles. The molecule has 3 aromatic rings. The van der Waals surface area contributed by atoms with Crippen molar-refractivity contribution in [3.8, 4) is 17.2 Å². The molecule has 0 aromatic heterocycles. The van der Waals surface area contributed by atoms with Crippen molar-refractivity contribution in [3.63, 3.8) is 0 Å². The zero-order valence-corrected chi connectivity index (χ0v) is 14.4. The first kappa shape index (κ1) is 17.3. The van der Waals surface area contributed by atoms with Gasteiger partial charge >= 0.3 is 0 Å². The van der Waals surface area contributed by atoms with E-state index in [4.69, 9.17) is 9.47 Å². The summed E-state index contributed by atoms with van der Waals surface area (Å²) in [5, 5.41) is 2.81. The normalized spacial score (nSPS) is 10.9. The van der Waals surface area contributed by atoms with Gasteiger partial charge in [0.2, 0.25) is 0 Å². The highest BCUT2D eigenvalue weighted by Gasteiger charge is 2.05. The maximum atomic E-state index is 12.1. The van der Waals surface area contributed by atoms with Crippen molar-refractivity contribution in [3.05, 3.63) is 96.8 Å². The van der Waals surface area contributed by atoms with E-state index >= 15 is 0 Å². The minimum absolute atomic E-state index is 0.208. The monoisotopic (exact) mass is 345 g/mol. The summed E-state index contributed by atoms with van der Waals surface area (Å²) in [4.78, 5) is 12.1. The Morgan fingerprint density at radius 2 is 1.31 bits per heavy atom. The minimum atomic E-state index is -0.208. The first-order valence-electron chi connectivity index (χ1n) is 8.23. The minimum Gasteiger partial charge on any atom is -0.465 e. The van der Waals surface area contributed by atoms with Gasteiger partial charge in [-0.2, -0.15) is 0 Å². The van der Waals surface area contributed by atoms with Gasteiger partial charge < -0.3 is 14.8 Å². The van der Waals surface area contributed by atoms with E-state index in [0.717, 1.165) is 11.4 Å². The standard InChI is InChI=1S/C22H19NO3/c1-17(22(24)23-18-8-4-2-5-9-18)16-25-19-12-14-21(15-13-19)26-20-10-6-3-7-11-20/h2-16H,1H3,(H,23,24). The van der Waals surface area contributed by atoms with Crippen LogP contribution in [-0.4, -0.2) is 5.91 Å². The van der Waals surface area contributed by atoms with Crippen LogP contribution in [0.25, 0.3) is 0 Å². The molecule has 0 aliphatic carbocycles. The molecule has 0 fully saturated rings. The van der Waals surface area contributed by atoms with Crippen LogP contribution in [-0.2, 0) is 4.79 Å². The van der Waals surface area contributed by atoms with Crippen LogP contribution in [0, 0.1) is 0 Å². The average molecular weight is 345 g/mol. The molecule has 1 amide bonds. The van der Waals surface area contributed by atoms with Gasteiger partial charge in [0.15, 0.2) is 0 Å². The van der Waals surface area contributed by atoms with Gasteiger partial charge in [-0.3, -0.25) is 4.79 Å². The highest BCUT2D eigenvalue weighted by atomic mass is 16.5. The Kier molecular flexibility index (Phi) is 5.68. The topological polar surface area (TPSA) is 47.6 Å². The van der Waals surface area contributed by atoms with Gasteiger partial charge in [0.25, 0.3) is 5.91 Å². The molecule has 0 unspecified atom stereocenters. The number of carbonyl (C=O) groups is 1. The molecule has 1 N–H and O–H groups in total. The number of carbonyl (C=O) groups excluding carboxylic acids is 1. The Hall–Kier alpha value is -3.53. The number of para-hydroxylation sites is 2. The van der Waals surface area contributed by atoms with Crippen LogP contribution in [0.15, 0.2) is 96.8 Å². The predicted octanol–water partition coefficient (Wildman–Crippen LogP) is 5.40. The molecule has 0 saturated carbocycles. The first-order chi connectivity index (χ1) is 12.7. The van der Waals surface area contributed by atoms with Gasteiger partial charge in [0, 0.05) is 11.3 Å². The van der Waals surface area contributed by atoms with E-state index < -0.39 is 0 Å². The number of anilines is 1. The summed E-state index contributed by atoms with van der Waals surface area (Å²) in [6.45, 7) is 1.70. The second-order valence-electron chi connectivity index (χ2n) is 5.63. The molecule has 0 radical (unpaired) electrons. The number of hydrogen-bond acceptors (Lipinski definition) is 3. The lowest BCUT2D eigenvalue weighted by Gasteiger charge is -2.07. The van der Waals surface area contributed by atoms with Crippen LogP contribution in [0.3, 0.4) is 0 Å². The van der Waals surface area contributed by atoms with Gasteiger partial charge in [-0.1, -0.05) is 36.4 Å². The summed E-state index contributed by atoms with van der Waals surface area (Å²) in [5.74, 6) is 1.90. The van der Waals surface area contributed by atoms with E-state index in [9.17, 15) is 4.79 Å². The fourth-order valence-corrected chi connectivity index (χ4v) is 2.17. The molecule has 0 aliphatic heterocycles. The lowest BCUT2D eigenvalue weighted by Crippen LogP contribution is -2.13. The summed E-state index contributed by atoms with van der Waals surface area (Å²) in [7, 11) is 0. The summed E-state index contributed by atoms with van der Waals surface area (Å²) < 4.78 is 11.3. The van der Waals surface area contributed by atoms with Crippen molar-refractivity contribution in [2.45, 2.75) is 6.92 Å². The molecule has 3 rings (SSSR count). The lowest BCUT2D eigenvalue weighted by atomic mass is 10.2. The summed E-state index contributed by atoms with van der Waals surface area (Å²) in [6.07, 6.45) is 1.44. The van der Waals surface area contributed by atoms with Gasteiger partial charge in [0.1, 0.15) is 17.2 Å². The molecule has 0 bridgehead atoms. The van der Waals surface area contributed by atoms with Crippen molar-refractivity contribution in [1.29, 1.82) is 0 Å². The summed E-state index contributed by atoms with van der Waals surface area (Å²) >= 11 is 0. The number of nitrogens with one attached hydrogen (secondary N) is 1. The summed E-state index contributed by atoms with van der Waals surface area (Å²) in [6, 6.07) is 26.0. The largest absolute Gasteiger partial charge is 0.465 e. The molecule has 4 nitrogen and oxygen atoms in total. The van der Waals surface area contributed by atoms with Crippen molar-refractivity contribution in [2.75, 3.05) is 5.32 Å². The Balaban J connectivity index is 1.56. The molecule has 0 heterocycles. The maximum Gasteiger partial charge on any atom is 0.254 e. The Labute approximate surface area is 152 Å². The van der Waals surface area contributed by atoms with Crippen molar-refractivity contribution >= 4 is 11.6 Å². The molecule has 0 spiro atoms. The number of benzene rings is 3. The molecule has 0 aliphatic rings. The maximum absolute atomic E-state index is 12.1. The number of ether oxygens (including phenoxy) is 2. The fourth-order valence-electron chi connectivity index (χ4n) is 2.17. The van der Waals surface area contributed by atoms with Gasteiger partial charge in [0.05, 0.1) is 6.26 Å². The smallest absolute Gasteiger partial charge is 0.254 e. The van der Waals surface area contributed by atoms with Gasteiger partial charge in [-0.05, 0) is 55.5 Å². The molecular weight excluding hydrogens is 326 g/mol. The van der Waals surface area contributed by atoms with E-state index in [1.165, 1.54) is 6.26 Å². The second-order valence-corrected chi connectivity index (χ2v) is 5.63. The van der Waals surface area contributed by atoms with Gasteiger partial charge in [-0.25, -0.2) is 0 Å². The van der Waals surface area contributed by atoms with Crippen molar-refractivity contribution in [2.24, 2.45) is 0 Å². The third-order valence-corrected chi connectivity index (χ3v) is 3.56. The van der Waals surface area contributed by atoms with Crippen LogP contribution >= 0.6 is 0 Å². The molecule has 0 atom stereocenters. The van der Waals surface area contributed by atoms with Crippen LogP contribution in [0.5, 0.6) is 17.2 Å². The van der Waals surface area contributed by atoms with Crippen LogP contribution < -0.4 is 14.8 Å². The van der Waals surface area contributed by atoms with E-state index in [1.807, 2.05) is 72.8 Å².